The summed E-state index contributed by atoms with van der Waals surface area (Å²) in [6, 6.07) is -0.636. The predicted octanol–water partition coefficient (Wildman–Crippen LogP) is 20.9. The Morgan fingerprint density at radius 3 is 1.07 bits per heavy atom. The molecule has 0 radical (unpaired) electrons. The summed E-state index contributed by atoms with van der Waals surface area (Å²) in [5, 5.41) is 23.2. The summed E-state index contributed by atoms with van der Waals surface area (Å²) in [5.41, 5.74) is 0. The highest BCUT2D eigenvalue weighted by Gasteiger charge is 2.18. The molecule has 74 heavy (non-hydrogen) atoms. The van der Waals surface area contributed by atoms with Gasteiger partial charge >= 0.3 is 5.97 Å². The zero-order chi connectivity index (χ0) is 53.6. The van der Waals surface area contributed by atoms with Crippen LogP contribution in [0.15, 0.2) is 48.6 Å². The Bertz CT molecular complexity index is 1240. The van der Waals surface area contributed by atoms with Crippen LogP contribution in [0.4, 0.5) is 0 Å². The molecule has 0 aliphatic carbocycles. The van der Waals surface area contributed by atoms with Crippen LogP contribution in [-0.4, -0.2) is 47.4 Å². The van der Waals surface area contributed by atoms with E-state index in [1.807, 2.05) is 6.08 Å². The van der Waals surface area contributed by atoms with Gasteiger partial charge in [-0.25, -0.2) is 0 Å². The topological polar surface area (TPSA) is 95.9 Å². The average Bonchev–Trinajstić information content (AvgIpc) is 3.40. The Morgan fingerprint density at radius 2 is 0.676 bits per heavy atom. The number of hydrogen-bond donors (Lipinski definition) is 3. The van der Waals surface area contributed by atoms with Crippen molar-refractivity contribution in [3.05, 3.63) is 48.6 Å². The molecule has 3 N–H and O–H groups in total. The third-order valence-corrected chi connectivity index (χ3v) is 15.1. The standard InChI is InChI=1S/C68H127NO5/c1-3-5-7-9-11-13-15-17-19-21-25-30-34-38-42-46-50-54-58-62-68(73)74-63-59-55-51-47-43-39-35-31-27-24-23-26-29-33-37-41-45-49-53-57-61-67(72)69-65(64-70)66(71)60-56-52-48-44-40-36-32-28-22-20-18-16-14-12-10-8-6-4-2/h11,13,17,19,23,26,56,60,65-66,70-71H,3-10,12,14-16,18,20-22,24-25,27-55,57-59,61-64H2,1-2H3,(H,69,72)/b13-11-,19-17-,26-23-,60-56+. The number of hydrogen-bond acceptors (Lipinski definition) is 5. The molecule has 2 atom stereocenters. The average molecular weight is 1040 g/mol. The quantitative estimate of drug-likeness (QED) is 0.0320. The fourth-order valence-electron chi connectivity index (χ4n) is 10.0. The summed E-state index contributed by atoms with van der Waals surface area (Å²) >= 11 is 0. The maximum atomic E-state index is 12.5. The lowest BCUT2D eigenvalue weighted by molar-refractivity contribution is -0.143. The van der Waals surface area contributed by atoms with E-state index in [0.29, 0.717) is 19.4 Å². The third kappa shape index (κ3) is 59.1. The molecule has 0 fully saturated rings. The van der Waals surface area contributed by atoms with Gasteiger partial charge in [-0.1, -0.05) is 294 Å². The van der Waals surface area contributed by atoms with Crippen molar-refractivity contribution in [2.24, 2.45) is 0 Å². The first-order valence-electron chi connectivity index (χ1n) is 32.9. The molecule has 0 saturated carbocycles. The number of allylic oxidation sites excluding steroid dienone is 7. The number of amides is 1. The van der Waals surface area contributed by atoms with E-state index in [0.717, 1.165) is 57.8 Å². The second-order valence-corrected chi connectivity index (χ2v) is 22.4. The van der Waals surface area contributed by atoms with Crippen molar-refractivity contribution in [3.63, 3.8) is 0 Å². The van der Waals surface area contributed by atoms with E-state index in [2.05, 4.69) is 55.6 Å². The summed E-state index contributed by atoms with van der Waals surface area (Å²) in [7, 11) is 0. The molecule has 0 saturated heterocycles. The largest absolute Gasteiger partial charge is 0.466 e. The van der Waals surface area contributed by atoms with Gasteiger partial charge in [0.2, 0.25) is 5.91 Å². The van der Waals surface area contributed by atoms with Crippen molar-refractivity contribution in [1.82, 2.24) is 5.32 Å². The number of rotatable bonds is 61. The van der Waals surface area contributed by atoms with Crippen molar-refractivity contribution in [2.45, 2.75) is 360 Å². The Labute approximate surface area is 461 Å². The summed E-state index contributed by atoms with van der Waals surface area (Å²) in [6.07, 6.45) is 81.6. The van der Waals surface area contributed by atoms with Gasteiger partial charge in [-0.05, 0) is 89.9 Å². The van der Waals surface area contributed by atoms with Gasteiger partial charge in [0.15, 0.2) is 0 Å². The van der Waals surface area contributed by atoms with Gasteiger partial charge < -0.3 is 20.3 Å². The molecule has 0 bridgehead atoms. The maximum Gasteiger partial charge on any atom is 0.305 e. The van der Waals surface area contributed by atoms with E-state index in [4.69, 9.17) is 4.74 Å². The van der Waals surface area contributed by atoms with Gasteiger partial charge in [0.25, 0.3) is 0 Å². The van der Waals surface area contributed by atoms with Gasteiger partial charge in [0.05, 0.1) is 25.4 Å². The lowest BCUT2D eigenvalue weighted by Crippen LogP contribution is -2.45. The number of ether oxygens (including phenoxy) is 1. The molecule has 434 valence electrons. The third-order valence-electron chi connectivity index (χ3n) is 15.1. The minimum atomic E-state index is -0.851. The number of esters is 1. The van der Waals surface area contributed by atoms with Crippen LogP contribution < -0.4 is 5.32 Å². The van der Waals surface area contributed by atoms with Crippen molar-refractivity contribution in [2.75, 3.05) is 13.2 Å². The fourth-order valence-corrected chi connectivity index (χ4v) is 10.0. The number of carbonyl (C=O) groups excluding carboxylic acids is 2. The Kier molecular flexibility index (Phi) is 61.5. The first-order valence-corrected chi connectivity index (χ1v) is 32.9. The molecule has 0 rings (SSSR count). The van der Waals surface area contributed by atoms with Gasteiger partial charge in [-0.2, -0.15) is 0 Å². The summed E-state index contributed by atoms with van der Waals surface area (Å²) in [6.45, 7) is 4.89. The first kappa shape index (κ1) is 71.8. The second kappa shape index (κ2) is 63.4. The monoisotopic (exact) mass is 1040 g/mol. The minimum absolute atomic E-state index is 0.00182. The van der Waals surface area contributed by atoms with E-state index in [1.165, 1.54) is 263 Å². The van der Waals surface area contributed by atoms with Crippen LogP contribution in [0, 0.1) is 0 Å². The molecule has 0 aromatic heterocycles. The number of carbonyl (C=O) groups is 2. The Morgan fingerprint density at radius 1 is 0.378 bits per heavy atom. The predicted molar refractivity (Wildman–Crippen MR) is 324 cm³/mol. The van der Waals surface area contributed by atoms with E-state index in [1.54, 1.807) is 6.08 Å². The lowest BCUT2D eigenvalue weighted by Gasteiger charge is -2.20. The molecule has 0 heterocycles. The van der Waals surface area contributed by atoms with E-state index < -0.39 is 12.1 Å². The molecule has 2 unspecified atom stereocenters. The van der Waals surface area contributed by atoms with E-state index in [9.17, 15) is 19.8 Å². The molecule has 6 heteroatoms. The fraction of sp³-hybridized carbons (Fsp3) is 0.853. The minimum Gasteiger partial charge on any atom is -0.466 e. The van der Waals surface area contributed by atoms with Crippen LogP contribution in [0.25, 0.3) is 0 Å². The molecule has 1 amide bonds. The number of aliphatic hydroxyl groups is 2. The number of unbranched alkanes of at least 4 members (excludes halogenated alkanes) is 44. The summed E-state index contributed by atoms with van der Waals surface area (Å²) < 4.78 is 5.50. The molecule has 0 aliphatic heterocycles. The summed E-state index contributed by atoms with van der Waals surface area (Å²) in [5.74, 6) is -0.0731. The van der Waals surface area contributed by atoms with Crippen molar-refractivity contribution in [3.8, 4) is 0 Å². The van der Waals surface area contributed by atoms with E-state index >= 15 is 0 Å². The van der Waals surface area contributed by atoms with Crippen molar-refractivity contribution in [1.29, 1.82) is 0 Å². The highest BCUT2D eigenvalue weighted by Crippen LogP contribution is 2.17. The van der Waals surface area contributed by atoms with Crippen LogP contribution in [0.2, 0.25) is 0 Å². The van der Waals surface area contributed by atoms with Crippen molar-refractivity contribution < 1.29 is 24.5 Å². The van der Waals surface area contributed by atoms with Gasteiger partial charge in [0.1, 0.15) is 0 Å². The zero-order valence-electron chi connectivity index (χ0n) is 49.6. The lowest BCUT2D eigenvalue weighted by atomic mass is 10.0. The summed E-state index contributed by atoms with van der Waals surface area (Å²) in [4.78, 5) is 24.6. The molecule has 0 aliphatic rings. The van der Waals surface area contributed by atoms with Gasteiger partial charge in [-0.15, -0.1) is 0 Å². The van der Waals surface area contributed by atoms with Crippen LogP contribution >= 0.6 is 0 Å². The second-order valence-electron chi connectivity index (χ2n) is 22.4. The SMILES string of the molecule is CCCCC/C=C\C/C=C\CCCCCCCCCCCC(=O)OCCCCCCCCCCC/C=C\CCCCCCCCCC(=O)NC(CO)C(O)/C=C/CCCCCCCCCCCCCCCCCC. The van der Waals surface area contributed by atoms with Crippen molar-refractivity contribution >= 4 is 11.9 Å². The normalized spacial score (nSPS) is 12.9. The zero-order valence-corrected chi connectivity index (χ0v) is 49.6. The Hall–Kier alpha value is -2.18. The smallest absolute Gasteiger partial charge is 0.305 e. The van der Waals surface area contributed by atoms with Crippen LogP contribution in [0.3, 0.4) is 0 Å². The Balaban J connectivity index is 3.45. The van der Waals surface area contributed by atoms with Crippen LogP contribution in [0.5, 0.6) is 0 Å². The van der Waals surface area contributed by atoms with Gasteiger partial charge in [-0.3, -0.25) is 9.59 Å². The highest BCUT2D eigenvalue weighted by atomic mass is 16.5. The van der Waals surface area contributed by atoms with Gasteiger partial charge in [0, 0.05) is 12.8 Å². The molecule has 0 aromatic carbocycles. The van der Waals surface area contributed by atoms with E-state index in [-0.39, 0.29) is 18.5 Å². The molecular weight excluding hydrogens is 911 g/mol. The highest BCUT2D eigenvalue weighted by molar-refractivity contribution is 5.76. The first-order chi connectivity index (χ1) is 36.5. The van der Waals surface area contributed by atoms with Crippen LogP contribution in [-0.2, 0) is 14.3 Å². The molecule has 0 spiro atoms. The molecule has 6 nitrogen and oxygen atoms in total. The van der Waals surface area contributed by atoms with Crippen LogP contribution in [0.1, 0.15) is 348 Å². The molecule has 0 aromatic rings. The maximum absolute atomic E-state index is 12.5. The molecular formula is C68H127NO5. The number of aliphatic hydroxyl groups excluding tert-OH is 2. The number of nitrogens with one attached hydrogen (secondary N) is 1.